The van der Waals surface area contributed by atoms with E-state index in [2.05, 4.69) is 13.2 Å². The van der Waals surface area contributed by atoms with Gasteiger partial charge in [0.05, 0.1) is 56.3 Å². The molecule has 0 unspecified atom stereocenters. The van der Waals surface area contributed by atoms with Crippen LogP contribution in [0.3, 0.4) is 0 Å². The minimum absolute atomic E-state index is 0.0113. The Morgan fingerprint density at radius 2 is 1.00 bits per heavy atom. The number of hydrogen-bond donors (Lipinski definition) is 0. The molecule has 7 rings (SSSR count). The van der Waals surface area contributed by atoms with E-state index in [0.717, 1.165) is 88.7 Å². The highest BCUT2D eigenvalue weighted by molar-refractivity contribution is 7.99. The third-order valence-electron chi connectivity index (χ3n) is 13.4. The molecule has 0 saturated heterocycles. The molecule has 0 amide bonds. The summed E-state index contributed by atoms with van der Waals surface area (Å²) in [4.78, 5) is 79.6. The zero-order valence-corrected chi connectivity index (χ0v) is 42.7. The van der Waals surface area contributed by atoms with Gasteiger partial charge in [0.15, 0.2) is 0 Å². The van der Waals surface area contributed by atoms with Crippen molar-refractivity contribution in [2.75, 3.05) is 33.0 Å². The summed E-state index contributed by atoms with van der Waals surface area (Å²) in [5, 5.41) is 3.15. The van der Waals surface area contributed by atoms with Gasteiger partial charge in [-0.1, -0.05) is 37.1 Å². The van der Waals surface area contributed by atoms with Crippen LogP contribution in [0.2, 0.25) is 0 Å². The van der Waals surface area contributed by atoms with E-state index in [1.807, 2.05) is 66.7 Å². The maximum atomic E-state index is 13.6. The minimum Gasteiger partial charge on any atom is -0.494 e. The van der Waals surface area contributed by atoms with Gasteiger partial charge in [-0.05, 0) is 168 Å². The second-order valence-corrected chi connectivity index (χ2v) is 19.7. The Hall–Kier alpha value is -7.00. The molecule has 1 aromatic heterocycles. The normalized spacial score (nSPS) is 17.4. The van der Waals surface area contributed by atoms with Gasteiger partial charge < -0.3 is 38.0 Å². The fourth-order valence-corrected chi connectivity index (χ4v) is 9.97. The first-order chi connectivity index (χ1) is 36.1. The molecule has 2 fully saturated rings. The summed E-state index contributed by atoms with van der Waals surface area (Å²) >= 11 is 1.45. The predicted octanol–water partition coefficient (Wildman–Crippen LogP) is 11.5. The predicted molar refractivity (Wildman–Crippen MR) is 280 cm³/mol. The Balaban J connectivity index is 0.928. The Morgan fingerprint density at radius 1 is 0.514 bits per heavy atom. The average Bonchev–Trinajstić information content (AvgIpc) is 3.43. The minimum atomic E-state index is -0.432. The van der Waals surface area contributed by atoms with Crippen molar-refractivity contribution in [3.8, 4) is 23.0 Å². The number of ether oxygens (including phenoxy) is 7. The second-order valence-electron chi connectivity index (χ2n) is 18.6. The van der Waals surface area contributed by atoms with Crippen molar-refractivity contribution in [1.29, 1.82) is 0 Å². The van der Waals surface area contributed by atoms with Crippen LogP contribution >= 0.6 is 11.8 Å². The molecule has 4 aromatic carbocycles. The lowest BCUT2D eigenvalue weighted by Crippen LogP contribution is -2.29. The molecule has 5 aromatic rings. The Bertz CT molecular complexity index is 2720. The molecule has 390 valence electrons. The van der Waals surface area contributed by atoms with Gasteiger partial charge in [0, 0.05) is 46.2 Å². The van der Waals surface area contributed by atoms with Crippen LogP contribution in [0.15, 0.2) is 120 Å². The van der Waals surface area contributed by atoms with E-state index in [-0.39, 0.29) is 48.2 Å². The summed E-state index contributed by atoms with van der Waals surface area (Å²) in [6, 6.07) is 26.4. The summed E-state index contributed by atoms with van der Waals surface area (Å²) in [5.74, 6) is -0.453. The first kappa shape index (κ1) is 54.8. The third-order valence-corrected chi connectivity index (χ3v) is 14.4. The van der Waals surface area contributed by atoms with E-state index >= 15 is 0 Å². The first-order valence-corrected chi connectivity index (χ1v) is 26.5. The number of unbranched alkanes of at least 4 members (excludes halogenated alkanes) is 4. The Labute approximate surface area is 436 Å². The maximum absolute atomic E-state index is 13.6. The molecule has 0 spiro atoms. The summed E-state index contributed by atoms with van der Waals surface area (Å²) in [7, 11) is 0. The van der Waals surface area contributed by atoms with E-state index in [4.69, 9.17) is 38.1 Å². The number of pyridine rings is 1. The number of carbonyl (C=O) groups is 6. The largest absolute Gasteiger partial charge is 0.494 e. The number of benzene rings is 4. The van der Waals surface area contributed by atoms with E-state index in [0.29, 0.717) is 113 Å². The summed E-state index contributed by atoms with van der Waals surface area (Å²) in [6.45, 7) is 8.79. The summed E-state index contributed by atoms with van der Waals surface area (Å²) < 4.78 is 39.4. The zero-order valence-electron chi connectivity index (χ0n) is 41.8. The highest BCUT2D eigenvalue weighted by Gasteiger charge is 2.32. The standard InChI is InChI=1S/C59H65NO13S/c1-3-54(62)69-34-8-6-5-7-32-67-46-23-27-49(28-24-46)74-56-52-37-47(72-58(65)43-15-11-41(39-61)12-16-43)25-29-50(52)51-30-26-48(38-53(51)60-56)73-59(66)44-19-17-42(18-20-44)57(64)71-36-31-40-13-21-45(22-14-40)68-33-9-10-35-70-55(63)4-2/h3-4,13-14,21-30,37-39,41-44H,1-2,5-12,15-20,31-36H2. The van der Waals surface area contributed by atoms with Gasteiger partial charge in [-0.25, -0.2) is 14.6 Å². The number of carbonyl (C=O) groups excluding carboxylic acids is 6. The van der Waals surface area contributed by atoms with Crippen LogP contribution in [0.4, 0.5) is 0 Å². The monoisotopic (exact) mass is 1030 g/mol. The molecule has 0 atom stereocenters. The summed E-state index contributed by atoms with van der Waals surface area (Å²) in [5.41, 5.74) is 1.63. The average molecular weight is 1030 g/mol. The molecule has 1 heterocycles. The molecular weight excluding hydrogens is 963 g/mol. The van der Waals surface area contributed by atoms with Crippen LogP contribution in [0.25, 0.3) is 21.7 Å². The fraction of sp³-hybridized carbons (Fsp3) is 0.407. The Kier molecular flexibility index (Phi) is 21.1. The van der Waals surface area contributed by atoms with Crippen molar-refractivity contribution in [3.05, 3.63) is 116 Å². The van der Waals surface area contributed by atoms with Crippen LogP contribution in [0, 0.1) is 23.7 Å². The van der Waals surface area contributed by atoms with Gasteiger partial charge in [-0.3, -0.25) is 14.4 Å². The molecule has 2 aliphatic carbocycles. The van der Waals surface area contributed by atoms with Crippen LogP contribution in [0.1, 0.15) is 95.5 Å². The number of hydrogen-bond acceptors (Lipinski definition) is 15. The molecule has 2 aliphatic rings. The fourth-order valence-electron chi connectivity index (χ4n) is 9.06. The van der Waals surface area contributed by atoms with Crippen LogP contribution in [-0.4, -0.2) is 74.2 Å². The van der Waals surface area contributed by atoms with E-state index < -0.39 is 11.9 Å². The molecule has 0 bridgehead atoms. The van der Waals surface area contributed by atoms with Crippen molar-refractivity contribution in [3.63, 3.8) is 0 Å². The second kappa shape index (κ2) is 28.5. The molecule has 0 radical (unpaired) electrons. The number of nitrogens with zero attached hydrogens (tertiary/aromatic N) is 1. The lowest BCUT2D eigenvalue weighted by atomic mass is 9.82. The smallest absolute Gasteiger partial charge is 0.330 e. The van der Waals surface area contributed by atoms with Gasteiger partial charge in [0.2, 0.25) is 0 Å². The van der Waals surface area contributed by atoms with E-state index in [1.165, 1.54) is 11.8 Å². The van der Waals surface area contributed by atoms with Crippen molar-refractivity contribution in [2.45, 2.75) is 106 Å². The lowest BCUT2D eigenvalue weighted by Gasteiger charge is -2.26. The topological polar surface area (TPSA) is 180 Å². The zero-order chi connectivity index (χ0) is 52.1. The third kappa shape index (κ3) is 16.5. The maximum Gasteiger partial charge on any atom is 0.330 e. The van der Waals surface area contributed by atoms with E-state index in [9.17, 15) is 28.8 Å². The van der Waals surface area contributed by atoms with Crippen molar-refractivity contribution >= 4 is 69.6 Å². The molecule has 2 saturated carbocycles. The SMILES string of the molecule is C=CC(=O)OCCCCCCOc1ccc(Sc2nc3cc(OC(=O)C4CCC(C(=O)OCCc5ccc(OCCCCOC(=O)C=C)cc5)CC4)ccc3c3ccc(OC(=O)C4CCC(C=O)CC4)cc23)cc1. The number of aldehydes is 1. The molecule has 74 heavy (non-hydrogen) atoms. The van der Waals surface area contributed by atoms with Gasteiger partial charge in [0.1, 0.15) is 34.3 Å². The number of rotatable bonds is 27. The molecular formula is C59H65NO13S. The number of esters is 5. The van der Waals surface area contributed by atoms with Crippen molar-refractivity contribution in [1.82, 2.24) is 4.98 Å². The van der Waals surface area contributed by atoms with Gasteiger partial charge in [-0.2, -0.15) is 0 Å². The highest BCUT2D eigenvalue weighted by atomic mass is 32.2. The number of fused-ring (bicyclic) bond motifs is 3. The van der Waals surface area contributed by atoms with Crippen LogP contribution in [-0.2, 0) is 49.4 Å². The summed E-state index contributed by atoms with van der Waals surface area (Å²) in [6.07, 6.45) is 13.4. The number of aromatic nitrogens is 1. The quantitative estimate of drug-likeness (QED) is 0.00921. The van der Waals surface area contributed by atoms with E-state index in [1.54, 1.807) is 18.2 Å². The first-order valence-electron chi connectivity index (χ1n) is 25.7. The Morgan fingerprint density at radius 3 is 1.58 bits per heavy atom. The van der Waals surface area contributed by atoms with Crippen LogP contribution < -0.4 is 18.9 Å². The van der Waals surface area contributed by atoms with Crippen LogP contribution in [0.5, 0.6) is 23.0 Å². The lowest BCUT2D eigenvalue weighted by molar-refractivity contribution is -0.152. The van der Waals surface area contributed by atoms with Crippen molar-refractivity contribution < 1.29 is 61.9 Å². The molecule has 0 N–H and O–H groups in total. The molecule has 15 heteroatoms. The van der Waals surface area contributed by atoms with Crippen molar-refractivity contribution in [2.24, 2.45) is 23.7 Å². The highest BCUT2D eigenvalue weighted by Crippen LogP contribution is 2.40. The molecule has 14 nitrogen and oxygen atoms in total. The van der Waals surface area contributed by atoms with Gasteiger partial charge >= 0.3 is 29.8 Å². The molecule has 0 aliphatic heterocycles. The van der Waals surface area contributed by atoms with Gasteiger partial charge in [-0.15, -0.1) is 0 Å². The van der Waals surface area contributed by atoms with Gasteiger partial charge in [0.25, 0.3) is 0 Å².